The van der Waals surface area contributed by atoms with Crippen molar-refractivity contribution in [2.24, 2.45) is 5.16 Å². The van der Waals surface area contributed by atoms with Gasteiger partial charge in [-0.15, -0.1) is 10.2 Å². The van der Waals surface area contributed by atoms with Gasteiger partial charge in [-0.1, -0.05) is 12.1 Å². The van der Waals surface area contributed by atoms with Crippen molar-refractivity contribution in [3.63, 3.8) is 0 Å². The van der Waals surface area contributed by atoms with Crippen LogP contribution in [0.5, 0.6) is 0 Å². The van der Waals surface area contributed by atoms with Gasteiger partial charge in [0.15, 0.2) is 0 Å². The average Bonchev–Trinajstić information content (AvgIpc) is 3.24. The standard InChI is InChI=1S/C14H16N6O2/c1-2-11-5-12(22-19-11)7-16-14(21)10-3-4-13(15-6-10)20-8-17-18-9-20/h3-4,6,8-9,12H,2,5,7H2,1H3,(H,16,21). The summed E-state index contributed by atoms with van der Waals surface area (Å²) in [6.45, 7) is 2.46. The van der Waals surface area contributed by atoms with Gasteiger partial charge in [0, 0.05) is 12.6 Å². The minimum absolute atomic E-state index is 0.0804. The van der Waals surface area contributed by atoms with E-state index in [4.69, 9.17) is 4.84 Å². The summed E-state index contributed by atoms with van der Waals surface area (Å²) >= 11 is 0. The van der Waals surface area contributed by atoms with Crippen LogP contribution in [0.1, 0.15) is 30.1 Å². The average molecular weight is 300 g/mol. The summed E-state index contributed by atoms with van der Waals surface area (Å²) in [4.78, 5) is 21.5. The van der Waals surface area contributed by atoms with Crippen LogP contribution in [0.25, 0.3) is 5.82 Å². The first-order valence-electron chi connectivity index (χ1n) is 7.07. The maximum absolute atomic E-state index is 12.1. The zero-order chi connectivity index (χ0) is 15.4. The Hall–Kier alpha value is -2.77. The number of nitrogens with one attached hydrogen (secondary N) is 1. The van der Waals surface area contributed by atoms with Gasteiger partial charge in [0.1, 0.15) is 24.6 Å². The Morgan fingerprint density at radius 1 is 1.41 bits per heavy atom. The lowest BCUT2D eigenvalue weighted by molar-refractivity contribution is 0.0753. The molecule has 3 rings (SSSR count). The second-order valence-electron chi connectivity index (χ2n) is 4.93. The molecule has 2 aromatic rings. The van der Waals surface area contributed by atoms with Gasteiger partial charge >= 0.3 is 0 Å². The number of carbonyl (C=O) groups is 1. The number of hydrogen-bond donors (Lipinski definition) is 1. The van der Waals surface area contributed by atoms with Crippen LogP contribution >= 0.6 is 0 Å². The monoisotopic (exact) mass is 300 g/mol. The maximum atomic E-state index is 12.1. The van der Waals surface area contributed by atoms with Gasteiger partial charge < -0.3 is 10.2 Å². The molecule has 3 heterocycles. The SMILES string of the molecule is CCC1=NOC(CNC(=O)c2ccc(-n3cnnc3)nc2)C1. The van der Waals surface area contributed by atoms with Gasteiger partial charge in [-0.25, -0.2) is 4.98 Å². The van der Waals surface area contributed by atoms with Crippen LogP contribution in [0.2, 0.25) is 0 Å². The molecule has 8 nitrogen and oxygen atoms in total. The van der Waals surface area contributed by atoms with E-state index in [1.165, 1.54) is 6.20 Å². The van der Waals surface area contributed by atoms with Crippen LogP contribution in [0.15, 0.2) is 36.1 Å². The molecule has 1 atom stereocenters. The summed E-state index contributed by atoms with van der Waals surface area (Å²) in [7, 11) is 0. The molecule has 0 saturated carbocycles. The molecule has 0 radical (unpaired) electrons. The molecule has 0 aliphatic carbocycles. The Kier molecular flexibility index (Phi) is 4.08. The first kappa shape index (κ1) is 14.2. The number of aromatic nitrogens is 4. The van der Waals surface area contributed by atoms with E-state index >= 15 is 0 Å². The van der Waals surface area contributed by atoms with Crippen molar-refractivity contribution >= 4 is 11.6 Å². The highest BCUT2D eigenvalue weighted by Gasteiger charge is 2.20. The fraction of sp³-hybridized carbons (Fsp3) is 0.357. The quantitative estimate of drug-likeness (QED) is 0.887. The van der Waals surface area contributed by atoms with E-state index in [-0.39, 0.29) is 12.0 Å². The number of oxime groups is 1. The van der Waals surface area contributed by atoms with Gasteiger partial charge in [-0.05, 0) is 18.6 Å². The number of amides is 1. The normalized spacial score (nSPS) is 17.0. The second kappa shape index (κ2) is 6.33. The number of hydrogen-bond acceptors (Lipinski definition) is 6. The summed E-state index contributed by atoms with van der Waals surface area (Å²) in [5.41, 5.74) is 1.52. The molecule has 0 spiro atoms. The summed E-state index contributed by atoms with van der Waals surface area (Å²) in [6.07, 6.45) is 6.17. The van der Waals surface area contributed by atoms with Crippen molar-refractivity contribution < 1.29 is 9.63 Å². The smallest absolute Gasteiger partial charge is 0.252 e. The molecule has 0 saturated heterocycles. The predicted octanol–water partition coefficient (Wildman–Crippen LogP) is 0.947. The van der Waals surface area contributed by atoms with Crippen molar-refractivity contribution in [1.29, 1.82) is 0 Å². The van der Waals surface area contributed by atoms with Gasteiger partial charge in [-0.2, -0.15) is 0 Å². The molecule has 114 valence electrons. The van der Waals surface area contributed by atoms with Crippen LogP contribution in [0.3, 0.4) is 0 Å². The third-order valence-electron chi connectivity index (χ3n) is 3.39. The van der Waals surface area contributed by atoms with Gasteiger partial charge in [0.2, 0.25) is 0 Å². The highest BCUT2D eigenvalue weighted by Crippen LogP contribution is 2.12. The first-order valence-corrected chi connectivity index (χ1v) is 7.07. The van der Waals surface area contributed by atoms with Crippen molar-refractivity contribution in [1.82, 2.24) is 25.1 Å². The zero-order valence-corrected chi connectivity index (χ0v) is 12.1. The Labute approximate surface area is 127 Å². The Bertz CT molecular complexity index is 665. The van der Waals surface area contributed by atoms with Crippen molar-refractivity contribution in [3.05, 3.63) is 36.5 Å². The highest BCUT2D eigenvalue weighted by molar-refractivity contribution is 5.94. The molecule has 22 heavy (non-hydrogen) atoms. The zero-order valence-electron chi connectivity index (χ0n) is 12.1. The summed E-state index contributed by atoms with van der Waals surface area (Å²) in [5, 5.41) is 14.2. The van der Waals surface area contributed by atoms with E-state index in [2.05, 4.69) is 25.7 Å². The van der Waals surface area contributed by atoms with Crippen molar-refractivity contribution in [2.75, 3.05) is 6.54 Å². The van der Waals surface area contributed by atoms with E-state index in [1.807, 2.05) is 6.92 Å². The molecule has 1 amide bonds. The Balaban J connectivity index is 1.54. The topological polar surface area (TPSA) is 94.3 Å². The van der Waals surface area contributed by atoms with E-state index in [0.29, 0.717) is 17.9 Å². The molecule has 2 aromatic heterocycles. The molecule has 0 aromatic carbocycles. The van der Waals surface area contributed by atoms with Crippen LogP contribution < -0.4 is 5.32 Å². The number of pyridine rings is 1. The van der Waals surface area contributed by atoms with Crippen LogP contribution in [-0.4, -0.2) is 44.0 Å². The number of carbonyl (C=O) groups excluding carboxylic acids is 1. The van der Waals surface area contributed by atoms with Crippen LogP contribution in [0, 0.1) is 0 Å². The largest absolute Gasteiger partial charge is 0.390 e. The van der Waals surface area contributed by atoms with Crippen molar-refractivity contribution in [2.45, 2.75) is 25.9 Å². The first-order chi connectivity index (χ1) is 10.8. The third-order valence-corrected chi connectivity index (χ3v) is 3.39. The summed E-state index contributed by atoms with van der Waals surface area (Å²) in [5.74, 6) is 0.470. The van der Waals surface area contributed by atoms with E-state index in [1.54, 1.807) is 29.4 Å². The summed E-state index contributed by atoms with van der Waals surface area (Å²) in [6, 6.07) is 3.45. The molecule has 0 bridgehead atoms. The molecule has 0 fully saturated rings. The van der Waals surface area contributed by atoms with Gasteiger partial charge in [0.25, 0.3) is 5.91 Å². The molecule has 1 aliphatic rings. The summed E-state index contributed by atoms with van der Waals surface area (Å²) < 4.78 is 1.66. The molecule has 1 aliphatic heterocycles. The second-order valence-corrected chi connectivity index (χ2v) is 4.93. The van der Waals surface area contributed by atoms with Crippen LogP contribution in [0.4, 0.5) is 0 Å². The fourth-order valence-corrected chi connectivity index (χ4v) is 2.11. The number of nitrogens with zero attached hydrogens (tertiary/aromatic N) is 5. The lowest BCUT2D eigenvalue weighted by atomic mass is 10.1. The lowest BCUT2D eigenvalue weighted by Crippen LogP contribution is -2.32. The molecule has 1 N–H and O–H groups in total. The van der Waals surface area contributed by atoms with Gasteiger partial charge in [0.05, 0.1) is 17.8 Å². The number of rotatable bonds is 5. The Morgan fingerprint density at radius 3 is 2.86 bits per heavy atom. The molecule has 8 heteroatoms. The lowest BCUT2D eigenvalue weighted by Gasteiger charge is -2.10. The molecular weight excluding hydrogens is 284 g/mol. The van der Waals surface area contributed by atoms with Crippen molar-refractivity contribution in [3.8, 4) is 5.82 Å². The van der Waals surface area contributed by atoms with E-state index < -0.39 is 0 Å². The fourth-order valence-electron chi connectivity index (χ4n) is 2.11. The van der Waals surface area contributed by atoms with E-state index in [0.717, 1.165) is 18.6 Å². The molecular formula is C14H16N6O2. The minimum Gasteiger partial charge on any atom is -0.390 e. The highest BCUT2D eigenvalue weighted by atomic mass is 16.6. The van der Waals surface area contributed by atoms with Gasteiger partial charge in [-0.3, -0.25) is 9.36 Å². The minimum atomic E-state index is -0.184. The third kappa shape index (κ3) is 3.11. The van der Waals surface area contributed by atoms with Crippen LogP contribution in [-0.2, 0) is 4.84 Å². The maximum Gasteiger partial charge on any atom is 0.252 e. The van der Waals surface area contributed by atoms with E-state index in [9.17, 15) is 4.79 Å². The predicted molar refractivity (Wildman–Crippen MR) is 78.7 cm³/mol. The Morgan fingerprint density at radius 2 is 2.23 bits per heavy atom. The molecule has 1 unspecified atom stereocenters.